The van der Waals surface area contributed by atoms with Crippen molar-refractivity contribution in [3.05, 3.63) is 71.9 Å². The van der Waals surface area contributed by atoms with E-state index in [4.69, 9.17) is 4.74 Å². The maximum Gasteiger partial charge on any atom is 0.187 e. The third kappa shape index (κ3) is 3.89. The van der Waals surface area contributed by atoms with Gasteiger partial charge in [0.05, 0.1) is 12.8 Å². The fourth-order valence-electron chi connectivity index (χ4n) is 1.67. The lowest BCUT2D eigenvalue weighted by Crippen LogP contribution is -1.97. The van der Waals surface area contributed by atoms with Crippen LogP contribution in [0.5, 0.6) is 5.75 Å². The molecule has 5 heteroatoms. The number of carbonyl (C=O) groups is 1. The lowest BCUT2D eigenvalue weighted by Gasteiger charge is -2.02. The second-order valence-electron chi connectivity index (χ2n) is 4.19. The smallest absolute Gasteiger partial charge is 0.187 e. The fourth-order valence-corrected chi connectivity index (χ4v) is 1.67. The summed E-state index contributed by atoms with van der Waals surface area (Å²) in [7, 11) is 1.54. The molecule has 0 aliphatic rings. The highest BCUT2D eigenvalue weighted by Gasteiger charge is 2.03. The maximum atomic E-state index is 13.3. The van der Waals surface area contributed by atoms with E-state index in [1.54, 1.807) is 24.3 Å². The van der Waals surface area contributed by atoms with E-state index >= 15 is 0 Å². The largest absolute Gasteiger partial charge is 0.497 e. The molecule has 0 bridgehead atoms. The number of nitrogens with one attached hydrogen (secondary N) is 1. The van der Waals surface area contributed by atoms with Gasteiger partial charge in [0.15, 0.2) is 5.78 Å². The molecule has 3 nitrogen and oxygen atoms in total. The molecule has 0 atom stereocenters. The molecule has 0 saturated carbocycles. The summed E-state index contributed by atoms with van der Waals surface area (Å²) in [6.07, 6.45) is 2.58. The van der Waals surface area contributed by atoms with E-state index in [0.29, 0.717) is 11.3 Å². The summed E-state index contributed by atoms with van der Waals surface area (Å²) in [6, 6.07) is 9.76. The normalized spacial score (nSPS) is 10.6. The Balaban J connectivity index is 2.01. The number of anilines is 1. The number of carbonyl (C=O) groups excluding carboxylic acids is 1. The van der Waals surface area contributed by atoms with Crippen molar-refractivity contribution >= 4 is 11.5 Å². The van der Waals surface area contributed by atoms with E-state index in [2.05, 4.69) is 5.32 Å². The average Bonchev–Trinajstić information content (AvgIpc) is 2.49. The summed E-state index contributed by atoms with van der Waals surface area (Å²) in [4.78, 5) is 11.9. The first-order valence-electron chi connectivity index (χ1n) is 6.16. The van der Waals surface area contributed by atoms with Gasteiger partial charge in [-0.15, -0.1) is 0 Å². The van der Waals surface area contributed by atoms with Gasteiger partial charge in [-0.1, -0.05) is 0 Å². The minimum atomic E-state index is -0.725. The molecule has 0 fully saturated rings. The molecule has 0 radical (unpaired) electrons. The number of rotatable bonds is 5. The zero-order chi connectivity index (χ0) is 15.2. The third-order valence-electron chi connectivity index (χ3n) is 2.78. The number of ether oxygens (including phenoxy) is 1. The summed E-state index contributed by atoms with van der Waals surface area (Å²) >= 11 is 0. The maximum absolute atomic E-state index is 13.3. The molecule has 2 aromatic rings. The molecule has 2 aromatic carbocycles. The lowest BCUT2D eigenvalue weighted by atomic mass is 10.1. The molecular formula is C16H13F2NO2. The van der Waals surface area contributed by atoms with Crippen molar-refractivity contribution < 1.29 is 18.3 Å². The Hall–Kier alpha value is -2.69. The number of hydrogen-bond donors (Lipinski definition) is 1. The van der Waals surface area contributed by atoms with E-state index in [0.717, 1.165) is 12.1 Å². The molecule has 0 saturated heterocycles. The molecule has 0 aromatic heterocycles. The van der Waals surface area contributed by atoms with Crippen LogP contribution in [-0.4, -0.2) is 12.9 Å². The van der Waals surface area contributed by atoms with Crippen molar-refractivity contribution in [3.8, 4) is 5.75 Å². The van der Waals surface area contributed by atoms with Gasteiger partial charge in [0.2, 0.25) is 0 Å². The van der Waals surface area contributed by atoms with Gasteiger partial charge in [-0.3, -0.25) is 4.79 Å². The molecule has 0 aliphatic heterocycles. The third-order valence-corrected chi connectivity index (χ3v) is 2.78. The van der Waals surface area contributed by atoms with Crippen LogP contribution in [0.4, 0.5) is 14.5 Å². The molecular weight excluding hydrogens is 276 g/mol. The Morgan fingerprint density at radius 2 is 1.86 bits per heavy atom. The summed E-state index contributed by atoms with van der Waals surface area (Å²) in [5, 5.41) is 2.60. The highest BCUT2D eigenvalue weighted by Crippen LogP contribution is 2.15. The molecule has 0 spiro atoms. The highest BCUT2D eigenvalue weighted by molar-refractivity contribution is 6.04. The highest BCUT2D eigenvalue weighted by atomic mass is 19.1. The van der Waals surface area contributed by atoms with Gasteiger partial charge in [0, 0.05) is 23.9 Å². The summed E-state index contributed by atoms with van der Waals surface area (Å²) in [6.45, 7) is 0. The fraction of sp³-hybridized carbons (Fsp3) is 0.0625. The van der Waals surface area contributed by atoms with Gasteiger partial charge in [-0.05, 0) is 36.4 Å². The van der Waals surface area contributed by atoms with Crippen molar-refractivity contribution in [2.75, 3.05) is 12.4 Å². The zero-order valence-corrected chi connectivity index (χ0v) is 11.3. The Morgan fingerprint density at radius 1 is 1.14 bits per heavy atom. The number of hydrogen-bond acceptors (Lipinski definition) is 3. The standard InChI is InChI=1S/C16H13F2NO2/c1-21-13-5-2-11(3-6-13)16(20)8-9-19-15-7-4-12(17)10-14(15)18/h2-10,19H,1H3/b9-8+. The predicted octanol–water partition coefficient (Wildman–Crippen LogP) is 3.78. The van der Waals surface area contributed by atoms with Gasteiger partial charge in [-0.25, -0.2) is 8.78 Å². The minimum Gasteiger partial charge on any atom is -0.497 e. The second kappa shape index (κ2) is 6.65. The Morgan fingerprint density at radius 3 is 2.48 bits per heavy atom. The van der Waals surface area contributed by atoms with Gasteiger partial charge in [-0.2, -0.15) is 0 Å². The van der Waals surface area contributed by atoms with E-state index in [1.807, 2.05) is 0 Å². The van der Waals surface area contributed by atoms with Crippen molar-refractivity contribution in [2.45, 2.75) is 0 Å². The SMILES string of the molecule is COc1ccc(C(=O)/C=C/Nc2ccc(F)cc2F)cc1. The van der Waals surface area contributed by atoms with Gasteiger partial charge in [0.1, 0.15) is 17.4 Å². The van der Waals surface area contributed by atoms with Crippen LogP contribution in [0.3, 0.4) is 0 Å². The number of benzene rings is 2. The Bertz CT molecular complexity index is 666. The van der Waals surface area contributed by atoms with Crippen molar-refractivity contribution in [2.24, 2.45) is 0 Å². The van der Waals surface area contributed by atoms with Crippen LogP contribution < -0.4 is 10.1 Å². The van der Waals surface area contributed by atoms with Gasteiger partial charge >= 0.3 is 0 Å². The van der Waals surface area contributed by atoms with Crippen molar-refractivity contribution in [3.63, 3.8) is 0 Å². The Labute approximate surface area is 120 Å². The number of halogens is 2. The number of methoxy groups -OCH3 is 1. The predicted molar refractivity (Wildman–Crippen MR) is 76.4 cm³/mol. The summed E-state index contributed by atoms with van der Waals surface area (Å²) < 4.78 is 31.1. The molecule has 0 heterocycles. The van der Waals surface area contributed by atoms with Crippen LogP contribution in [0, 0.1) is 11.6 Å². The second-order valence-corrected chi connectivity index (χ2v) is 4.19. The number of allylic oxidation sites excluding steroid dienone is 1. The molecule has 21 heavy (non-hydrogen) atoms. The van der Waals surface area contributed by atoms with E-state index in [1.165, 1.54) is 25.5 Å². The van der Waals surface area contributed by atoms with Crippen LogP contribution in [0.15, 0.2) is 54.7 Å². The first kappa shape index (κ1) is 14.7. The van der Waals surface area contributed by atoms with E-state index < -0.39 is 11.6 Å². The molecule has 1 N–H and O–H groups in total. The molecule has 0 aliphatic carbocycles. The molecule has 0 amide bonds. The van der Waals surface area contributed by atoms with Crippen molar-refractivity contribution in [1.29, 1.82) is 0 Å². The van der Waals surface area contributed by atoms with Crippen LogP contribution >= 0.6 is 0 Å². The zero-order valence-electron chi connectivity index (χ0n) is 11.3. The first-order chi connectivity index (χ1) is 10.1. The molecule has 2 rings (SSSR count). The van der Waals surface area contributed by atoms with Crippen molar-refractivity contribution in [1.82, 2.24) is 0 Å². The molecule has 0 unspecified atom stereocenters. The lowest BCUT2D eigenvalue weighted by molar-refractivity contribution is 0.104. The van der Waals surface area contributed by atoms with Crippen LogP contribution in [0.1, 0.15) is 10.4 Å². The van der Waals surface area contributed by atoms with Gasteiger partial charge in [0.25, 0.3) is 0 Å². The minimum absolute atomic E-state index is 0.0928. The van der Waals surface area contributed by atoms with Crippen LogP contribution in [0.2, 0.25) is 0 Å². The van der Waals surface area contributed by atoms with Crippen LogP contribution in [0.25, 0.3) is 0 Å². The van der Waals surface area contributed by atoms with E-state index in [9.17, 15) is 13.6 Å². The summed E-state index contributed by atoms with van der Waals surface area (Å²) in [5.41, 5.74) is 0.573. The molecule has 108 valence electrons. The quantitative estimate of drug-likeness (QED) is 0.672. The van der Waals surface area contributed by atoms with Gasteiger partial charge < -0.3 is 10.1 Å². The number of ketones is 1. The monoisotopic (exact) mass is 289 g/mol. The summed E-state index contributed by atoms with van der Waals surface area (Å²) in [5.74, 6) is -0.970. The van der Waals surface area contributed by atoms with E-state index in [-0.39, 0.29) is 11.5 Å². The van der Waals surface area contributed by atoms with Crippen LogP contribution in [-0.2, 0) is 0 Å². The Kier molecular flexibility index (Phi) is 4.66. The average molecular weight is 289 g/mol. The topological polar surface area (TPSA) is 38.3 Å². The first-order valence-corrected chi connectivity index (χ1v) is 6.16.